The Balaban J connectivity index is 1.35. The molecule has 1 atom stereocenters. The summed E-state index contributed by atoms with van der Waals surface area (Å²) in [6, 6.07) is 15.4. The maximum atomic E-state index is 12.5. The number of carbonyl (C=O) groups is 2. The van der Waals surface area contributed by atoms with Crippen LogP contribution in [0.25, 0.3) is 10.9 Å². The highest BCUT2D eigenvalue weighted by molar-refractivity contribution is 6.39. The van der Waals surface area contributed by atoms with Crippen LogP contribution < -0.4 is 10.1 Å². The number of carbonyl (C=O) groups excluding carboxylic acids is 2. The molecule has 2 amide bonds. The van der Waals surface area contributed by atoms with Crippen LogP contribution in [0.1, 0.15) is 12.0 Å². The molecule has 1 aromatic heterocycles. The number of hydrogen-bond donors (Lipinski definition) is 1. The smallest absolute Gasteiger partial charge is 0.313 e. The number of aromatic nitrogens is 1. The van der Waals surface area contributed by atoms with Crippen molar-refractivity contribution in [2.45, 2.75) is 19.4 Å². The fraction of sp³-hybridized carbons (Fsp3) is 0.273. The van der Waals surface area contributed by atoms with Crippen LogP contribution in [-0.4, -0.2) is 40.5 Å². The predicted molar refractivity (Wildman–Crippen MR) is 108 cm³/mol. The number of ether oxygens (including phenoxy) is 1. The number of benzene rings is 2. The van der Waals surface area contributed by atoms with Gasteiger partial charge in [-0.1, -0.05) is 17.7 Å². The van der Waals surface area contributed by atoms with Crippen molar-refractivity contribution in [1.82, 2.24) is 9.47 Å². The quantitative estimate of drug-likeness (QED) is 0.714. The van der Waals surface area contributed by atoms with E-state index in [0.29, 0.717) is 25.2 Å². The molecule has 1 unspecified atom stereocenters. The maximum absolute atomic E-state index is 12.5. The number of nitrogens with one attached hydrogen (secondary N) is 1. The Labute approximate surface area is 163 Å². The van der Waals surface area contributed by atoms with Crippen LogP contribution in [0.3, 0.4) is 0 Å². The van der Waals surface area contributed by atoms with E-state index in [1.165, 1.54) is 5.56 Å². The van der Waals surface area contributed by atoms with Crippen LogP contribution in [0.5, 0.6) is 5.75 Å². The zero-order chi connectivity index (χ0) is 19.7. The lowest BCUT2D eigenvalue weighted by atomic mass is 10.2. The third-order valence-corrected chi connectivity index (χ3v) is 5.09. The van der Waals surface area contributed by atoms with Gasteiger partial charge in [-0.05, 0) is 43.3 Å². The Hall–Kier alpha value is -3.28. The minimum atomic E-state index is -0.619. The summed E-state index contributed by atoms with van der Waals surface area (Å²) in [5.74, 6) is -0.361. The number of aryl methyl sites for hydroxylation is 2. The molecular weight excluding hydrogens is 354 g/mol. The number of amides is 2. The molecule has 0 bridgehead atoms. The lowest BCUT2D eigenvalue weighted by Crippen LogP contribution is -2.39. The summed E-state index contributed by atoms with van der Waals surface area (Å²) in [5, 5.41) is 3.72. The van der Waals surface area contributed by atoms with Crippen molar-refractivity contribution in [2.75, 3.05) is 18.4 Å². The first-order valence-corrected chi connectivity index (χ1v) is 9.38. The average Bonchev–Trinajstić information content (AvgIpc) is 3.30. The first-order valence-electron chi connectivity index (χ1n) is 9.38. The van der Waals surface area contributed by atoms with E-state index in [2.05, 4.69) is 5.32 Å². The van der Waals surface area contributed by atoms with Crippen LogP contribution in [-0.2, 0) is 16.6 Å². The second-order valence-electron chi connectivity index (χ2n) is 7.25. The summed E-state index contributed by atoms with van der Waals surface area (Å²) in [5.41, 5.74) is 2.85. The van der Waals surface area contributed by atoms with Crippen LogP contribution >= 0.6 is 0 Å². The molecule has 0 saturated carbocycles. The molecule has 1 fully saturated rings. The van der Waals surface area contributed by atoms with Crippen LogP contribution in [0.4, 0.5) is 5.69 Å². The van der Waals surface area contributed by atoms with Gasteiger partial charge in [-0.15, -0.1) is 0 Å². The molecule has 2 aromatic carbocycles. The second kappa shape index (κ2) is 7.38. The molecule has 1 N–H and O–H groups in total. The Kier molecular flexibility index (Phi) is 4.77. The average molecular weight is 377 g/mol. The summed E-state index contributed by atoms with van der Waals surface area (Å²) < 4.78 is 7.94. The normalized spacial score (nSPS) is 16.4. The van der Waals surface area contributed by atoms with E-state index in [0.717, 1.165) is 16.7 Å². The third kappa shape index (κ3) is 3.71. The molecule has 28 heavy (non-hydrogen) atoms. The van der Waals surface area contributed by atoms with Crippen molar-refractivity contribution in [2.24, 2.45) is 7.05 Å². The highest BCUT2D eigenvalue weighted by atomic mass is 16.5. The largest absolute Gasteiger partial charge is 0.489 e. The lowest BCUT2D eigenvalue weighted by Gasteiger charge is -2.17. The highest BCUT2D eigenvalue weighted by Gasteiger charge is 2.31. The van der Waals surface area contributed by atoms with Crippen LogP contribution in [0, 0.1) is 6.92 Å². The molecule has 1 aliphatic heterocycles. The van der Waals surface area contributed by atoms with Gasteiger partial charge < -0.3 is 19.5 Å². The highest BCUT2D eigenvalue weighted by Crippen LogP contribution is 2.21. The zero-order valence-electron chi connectivity index (χ0n) is 16.0. The van der Waals surface area contributed by atoms with Gasteiger partial charge >= 0.3 is 11.8 Å². The van der Waals surface area contributed by atoms with Gasteiger partial charge in [0.15, 0.2) is 0 Å². The third-order valence-electron chi connectivity index (χ3n) is 5.09. The van der Waals surface area contributed by atoms with Crippen molar-refractivity contribution >= 4 is 28.4 Å². The van der Waals surface area contributed by atoms with Gasteiger partial charge in [-0.3, -0.25) is 9.59 Å². The molecule has 144 valence electrons. The first kappa shape index (κ1) is 18.1. The summed E-state index contributed by atoms with van der Waals surface area (Å²) in [6.07, 6.45) is 2.57. The number of anilines is 1. The van der Waals surface area contributed by atoms with Gasteiger partial charge in [-0.25, -0.2) is 0 Å². The summed E-state index contributed by atoms with van der Waals surface area (Å²) in [6.45, 7) is 2.95. The Morgan fingerprint density at radius 3 is 2.68 bits per heavy atom. The monoisotopic (exact) mass is 377 g/mol. The molecule has 2 heterocycles. The molecule has 6 nitrogen and oxygen atoms in total. The molecule has 1 saturated heterocycles. The van der Waals surface area contributed by atoms with Gasteiger partial charge in [-0.2, -0.15) is 0 Å². The second-order valence-corrected chi connectivity index (χ2v) is 7.25. The summed E-state index contributed by atoms with van der Waals surface area (Å²) in [4.78, 5) is 26.5. The zero-order valence-corrected chi connectivity index (χ0v) is 16.0. The minimum Gasteiger partial charge on any atom is -0.489 e. The van der Waals surface area contributed by atoms with E-state index in [4.69, 9.17) is 4.74 Å². The van der Waals surface area contributed by atoms with Crippen molar-refractivity contribution in [3.63, 3.8) is 0 Å². The van der Waals surface area contributed by atoms with Crippen LogP contribution in [0.15, 0.2) is 54.7 Å². The van der Waals surface area contributed by atoms with E-state index >= 15 is 0 Å². The van der Waals surface area contributed by atoms with Gasteiger partial charge in [0.25, 0.3) is 0 Å². The number of nitrogens with zero attached hydrogens (tertiary/aromatic N) is 2. The molecule has 6 heteroatoms. The fourth-order valence-electron chi connectivity index (χ4n) is 3.51. The van der Waals surface area contributed by atoms with E-state index in [-0.39, 0.29) is 6.10 Å². The summed E-state index contributed by atoms with van der Waals surface area (Å²) >= 11 is 0. The van der Waals surface area contributed by atoms with Gasteiger partial charge in [0, 0.05) is 42.8 Å². The van der Waals surface area contributed by atoms with Gasteiger partial charge in [0.05, 0.1) is 6.54 Å². The number of hydrogen-bond acceptors (Lipinski definition) is 3. The fourth-order valence-corrected chi connectivity index (χ4v) is 3.51. The molecule has 0 aliphatic carbocycles. The minimum absolute atomic E-state index is 0.0971. The number of rotatable bonds is 3. The molecule has 4 rings (SSSR count). The van der Waals surface area contributed by atoms with Crippen molar-refractivity contribution in [3.8, 4) is 5.75 Å². The van der Waals surface area contributed by atoms with E-state index < -0.39 is 11.8 Å². The number of fused-ring (bicyclic) bond motifs is 1. The van der Waals surface area contributed by atoms with E-state index in [9.17, 15) is 9.59 Å². The molecule has 0 radical (unpaired) electrons. The standard InChI is InChI=1S/C22H23N3O3/c1-15-3-6-18(7-4-15)28-19-10-12-25(14-19)22(27)21(26)23-17-5-8-20-16(13-17)9-11-24(20)2/h3-9,11,13,19H,10,12,14H2,1-2H3,(H,23,26). The summed E-state index contributed by atoms with van der Waals surface area (Å²) in [7, 11) is 1.96. The van der Waals surface area contributed by atoms with Gasteiger partial charge in [0.1, 0.15) is 11.9 Å². The topological polar surface area (TPSA) is 63.6 Å². The SMILES string of the molecule is Cc1ccc(OC2CCN(C(=O)C(=O)Nc3ccc4c(ccn4C)c3)C2)cc1. The molecule has 0 spiro atoms. The van der Waals surface area contributed by atoms with Crippen molar-refractivity contribution < 1.29 is 14.3 Å². The Morgan fingerprint density at radius 1 is 1.11 bits per heavy atom. The first-order chi connectivity index (χ1) is 13.5. The maximum Gasteiger partial charge on any atom is 0.313 e. The van der Waals surface area contributed by atoms with Crippen LogP contribution in [0.2, 0.25) is 0 Å². The van der Waals surface area contributed by atoms with Gasteiger partial charge in [0.2, 0.25) is 0 Å². The molecule has 1 aliphatic rings. The predicted octanol–water partition coefficient (Wildman–Crippen LogP) is 3.11. The molecular formula is C22H23N3O3. The number of likely N-dealkylation sites (tertiary alicyclic amines) is 1. The van der Waals surface area contributed by atoms with Crippen molar-refractivity contribution in [3.05, 3.63) is 60.3 Å². The Morgan fingerprint density at radius 2 is 1.89 bits per heavy atom. The van der Waals surface area contributed by atoms with E-state index in [1.807, 2.05) is 67.2 Å². The lowest BCUT2D eigenvalue weighted by molar-refractivity contribution is -0.142. The van der Waals surface area contributed by atoms with E-state index in [1.54, 1.807) is 11.0 Å². The molecule has 3 aromatic rings. The van der Waals surface area contributed by atoms with Crippen molar-refractivity contribution in [1.29, 1.82) is 0 Å². The Bertz CT molecular complexity index is 1020.